The molecule has 0 radical (unpaired) electrons. The molecule has 0 saturated carbocycles. The molecule has 0 aliphatic carbocycles. The Morgan fingerprint density at radius 1 is 1.19 bits per heavy atom. The van der Waals surface area contributed by atoms with Crippen LogP contribution in [-0.2, 0) is 4.79 Å². The Morgan fingerprint density at radius 3 is 2.50 bits per heavy atom. The van der Waals surface area contributed by atoms with Crippen LogP contribution in [0.1, 0.15) is 18.5 Å². The van der Waals surface area contributed by atoms with Gasteiger partial charge in [-0.1, -0.05) is 34.1 Å². The number of amides is 1. The van der Waals surface area contributed by atoms with Crippen molar-refractivity contribution < 1.29 is 14.8 Å². The molecule has 0 spiro atoms. The fourth-order valence-corrected chi connectivity index (χ4v) is 3.97. The molecule has 2 aromatic rings. The van der Waals surface area contributed by atoms with Gasteiger partial charge in [-0.2, -0.15) is 0 Å². The maximum atomic E-state index is 12.4. The molecule has 1 amide bonds. The Balaban J connectivity index is 1.47. The predicted molar refractivity (Wildman–Crippen MR) is 107 cm³/mol. The van der Waals surface area contributed by atoms with E-state index in [9.17, 15) is 9.90 Å². The number of nitrogens with one attached hydrogen (secondary N) is 2. The Morgan fingerprint density at radius 2 is 1.85 bits per heavy atom. The molecule has 1 heterocycles. The molecule has 3 N–H and O–H groups in total. The lowest BCUT2D eigenvalue weighted by Gasteiger charge is -2.33. The van der Waals surface area contributed by atoms with Crippen molar-refractivity contribution in [1.29, 1.82) is 0 Å². The van der Waals surface area contributed by atoms with Crippen molar-refractivity contribution in [1.82, 2.24) is 5.32 Å². The molecule has 1 saturated heterocycles. The van der Waals surface area contributed by atoms with Gasteiger partial charge in [-0.25, -0.2) is 0 Å². The van der Waals surface area contributed by atoms with E-state index in [1.54, 1.807) is 12.1 Å². The Hall–Kier alpha value is -2.05. The van der Waals surface area contributed by atoms with Crippen LogP contribution in [0.4, 0.5) is 5.69 Å². The van der Waals surface area contributed by atoms with Gasteiger partial charge in [0.2, 0.25) is 0 Å². The standard InChI is InChI=1S/C20H24BrN3O2/c1-15(18-4-2-3-5-19(18)21)22-20(26)14-23-10-12-24(13-11-23)16-6-8-17(25)9-7-16/h2-9,15,25H,10-14H2,1H3,(H,22,26)/p+1/t15-/m0/s1. The summed E-state index contributed by atoms with van der Waals surface area (Å²) >= 11 is 3.54. The highest BCUT2D eigenvalue weighted by atomic mass is 79.9. The van der Waals surface area contributed by atoms with Gasteiger partial charge in [-0.05, 0) is 42.8 Å². The first-order chi connectivity index (χ1) is 12.5. The number of nitrogens with zero attached hydrogens (tertiary/aromatic N) is 1. The number of benzene rings is 2. The number of halogens is 1. The molecule has 0 aromatic heterocycles. The van der Waals surface area contributed by atoms with E-state index in [4.69, 9.17) is 0 Å². The first kappa shape index (κ1) is 18.7. The lowest BCUT2D eigenvalue weighted by Crippen LogP contribution is -3.15. The lowest BCUT2D eigenvalue weighted by molar-refractivity contribution is -0.892. The van der Waals surface area contributed by atoms with Crippen LogP contribution < -0.4 is 15.1 Å². The van der Waals surface area contributed by atoms with Crippen molar-refractivity contribution in [3.8, 4) is 5.75 Å². The second kappa shape index (κ2) is 8.56. The summed E-state index contributed by atoms with van der Waals surface area (Å²) in [5, 5.41) is 12.5. The van der Waals surface area contributed by atoms with Crippen molar-refractivity contribution in [3.05, 3.63) is 58.6 Å². The fraction of sp³-hybridized carbons (Fsp3) is 0.350. The molecule has 1 fully saturated rings. The number of hydrogen-bond acceptors (Lipinski definition) is 3. The van der Waals surface area contributed by atoms with Gasteiger partial charge < -0.3 is 20.2 Å². The summed E-state index contributed by atoms with van der Waals surface area (Å²) in [5.74, 6) is 0.371. The third-order valence-corrected chi connectivity index (χ3v) is 5.57. The Kier molecular flexibility index (Phi) is 6.16. The van der Waals surface area contributed by atoms with Crippen molar-refractivity contribution in [2.24, 2.45) is 0 Å². The van der Waals surface area contributed by atoms with Crippen molar-refractivity contribution in [3.63, 3.8) is 0 Å². The highest BCUT2D eigenvalue weighted by Crippen LogP contribution is 2.22. The molecule has 0 unspecified atom stereocenters. The van der Waals surface area contributed by atoms with Crippen LogP contribution in [0.5, 0.6) is 5.75 Å². The summed E-state index contributed by atoms with van der Waals surface area (Å²) in [6.45, 7) is 6.18. The van der Waals surface area contributed by atoms with Gasteiger partial charge in [-0.15, -0.1) is 0 Å². The maximum absolute atomic E-state index is 12.4. The first-order valence-corrected chi connectivity index (χ1v) is 9.73. The predicted octanol–water partition coefficient (Wildman–Crippen LogP) is 1.74. The molecule has 1 atom stereocenters. The van der Waals surface area contributed by atoms with Gasteiger partial charge >= 0.3 is 0 Å². The van der Waals surface area contributed by atoms with Gasteiger partial charge in [0.25, 0.3) is 5.91 Å². The van der Waals surface area contributed by atoms with Crippen molar-refractivity contribution >= 4 is 27.5 Å². The molecule has 2 aromatic carbocycles. The van der Waals surface area contributed by atoms with Crippen molar-refractivity contribution in [2.45, 2.75) is 13.0 Å². The number of phenolic OH excluding ortho intramolecular Hbond substituents is 1. The number of anilines is 1. The van der Waals surface area contributed by atoms with Gasteiger partial charge in [0.1, 0.15) is 5.75 Å². The molecule has 138 valence electrons. The molecule has 1 aliphatic rings. The zero-order chi connectivity index (χ0) is 18.5. The maximum Gasteiger partial charge on any atom is 0.275 e. The lowest BCUT2D eigenvalue weighted by atomic mass is 10.1. The third kappa shape index (κ3) is 4.77. The average molecular weight is 419 g/mol. The van der Waals surface area contributed by atoms with Gasteiger partial charge in [0.05, 0.1) is 32.2 Å². The quantitative estimate of drug-likeness (QED) is 0.692. The zero-order valence-electron chi connectivity index (χ0n) is 14.9. The highest BCUT2D eigenvalue weighted by molar-refractivity contribution is 9.10. The normalized spacial score (nSPS) is 16.3. The number of piperazine rings is 1. The number of aromatic hydroxyl groups is 1. The molecule has 0 bridgehead atoms. The summed E-state index contributed by atoms with van der Waals surface area (Å²) in [6.07, 6.45) is 0. The van der Waals surface area contributed by atoms with E-state index in [-0.39, 0.29) is 17.7 Å². The van der Waals surface area contributed by atoms with Crippen LogP contribution in [0.15, 0.2) is 53.0 Å². The zero-order valence-corrected chi connectivity index (χ0v) is 16.5. The van der Waals surface area contributed by atoms with Crippen LogP contribution in [0.2, 0.25) is 0 Å². The fourth-order valence-electron chi connectivity index (χ4n) is 3.34. The van der Waals surface area contributed by atoms with Crippen LogP contribution in [-0.4, -0.2) is 43.7 Å². The van der Waals surface area contributed by atoms with Gasteiger partial charge in [0, 0.05) is 10.2 Å². The van der Waals surface area contributed by atoms with Gasteiger partial charge in [0.15, 0.2) is 6.54 Å². The first-order valence-electron chi connectivity index (χ1n) is 8.94. The van der Waals surface area contributed by atoms with Crippen molar-refractivity contribution in [2.75, 3.05) is 37.6 Å². The molecule has 1 aliphatic heterocycles. The van der Waals surface area contributed by atoms with Crippen LogP contribution >= 0.6 is 15.9 Å². The number of rotatable bonds is 5. The number of quaternary nitrogens is 1. The molecular weight excluding hydrogens is 394 g/mol. The Labute approximate surface area is 162 Å². The van der Waals surface area contributed by atoms with Gasteiger partial charge in [-0.3, -0.25) is 4.79 Å². The minimum Gasteiger partial charge on any atom is -0.508 e. The molecule has 6 heteroatoms. The largest absolute Gasteiger partial charge is 0.508 e. The average Bonchev–Trinajstić information content (AvgIpc) is 2.63. The molecule has 5 nitrogen and oxygen atoms in total. The summed E-state index contributed by atoms with van der Waals surface area (Å²) < 4.78 is 1.02. The van der Waals surface area contributed by atoms with E-state index in [2.05, 4.69) is 26.1 Å². The second-order valence-corrected chi connectivity index (χ2v) is 7.60. The number of hydrogen-bond donors (Lipinski definition) is 3. The SMILES string of the molecule is C[C@H](NC(=O)C[NH+]1CCN(c2ccc(O)cc2)CC1)c1ccccc1Br. The van der Waals surface area contributed by atoms with E-state index in [0.29, 0.717) is 6.54 Å². The molecular formula is C20H25BrN3O2+. The topological polar surface area (TPSA) is 57.0 Å². The smallest absolute Gasteiger partial charge is 0.275 e. The summed E-state index contributed by atoms with van der Waals surface area (Å²) in [5.41, 5.74) is 2.21. The number of carbonyl (C=O) groups is 1. The molecule has 26 heavy (non-hydrogen) atoms. The second-order valence-electron chi connectivity index (χ2n) is 6.74. The van der Waals surface area contributed by atoms with E-state index in [0.717, 1.165) is 41.9 Å². The minimum atomic E-state index is -0.0178. The van der Waals surface area contributed by atoms with E-state index >= 15 is 0 Å². The summed E-state index contributed by atoms with van der Waals surface area (Å²) in [7, 11) is 0. The van der Waals surface area contributed by atoms with E-state index in [1.807, 2.05) is 43.3 Å². The summed E-state index contributed by atoms with van der Waals surface area (Å²) in [6, 6.07) is 15.3. The van der Waals surface area contributed by atoms with E-state index < -0.39 is 0 Å². The number of phenols is 1. The highest BCUT2D eigenvalue weighted by Gasteiger charge is 2.23. The van der Waals surface area contributed by atoms with Crippen LogP contribution in [0.3, 0.4) is 0 Å². The molecule has 3 rings (SSSR count). The Bertz CT molecular complexity index is 743. The van der Waals surface area contributed by atoms with Crippen LogP contribution in [0, 0.1) is 0 Å². The van der Waals surface area contributed by atoms with Crippen LogP contribution in [0.25, 0.3) is 0 Å². The minimum absolute atomic E-state index is 0.0178. The third-order valence-electron chi connectivity index (χ3n) is 4.85. The monoisotopic (exact) mass is 418 g/mol. The summed E-state index contributed by atoms with van der Waals surface area (Å²) in [4.78, 5) is 16.0. The van der Waals surface area contributed by atoms with E-state index in [1.165, 1.54) is 4.90 Å². The number of carbonyl (C=O) groups excluding carboxylic acids is 1.